The van der Waals surface area contributed by atoms with Crippen LogP contribution in [0.25, 0.3) is 0 Å². The maximum Gasteiger partial charge on any atom is 0.442 e. The molecule has 2 nitrogen and oxygen atoms in total. The second-order valence-corrected chi connectivity index (χ2v) is 3.69. The van der Waals surface area contributed by atoms with Crippen molar-refractivity contribution in [3.8, 4) is 0 Å². The third-order valence-corrected chi connectivity index (χ3v) is 2.16. The molecule has 0 saturated carbocycles. The maximum absolute atomic E-state index is 11.7. The Labute approximate surface area is 88.9 Å². The quantitative estimate of drug-likeness (QED) is 0.872. The highest BCUT2D eigenvalue weighted by Gasteiger charge is 2.29. The number of rotatable bonds is 3. The zero-order valence-electron chi connectivity index (χ0n) is 7.54. The molecule has 0 aromatic heterocycles. The van der Waals surface area contributed by atoms with Gasteiger partial charge in [0.2, 0.25) is 5.91 Å². The highest BCUT2D eigenvalue weighted by atomic mass is 32.2. The molecule has 1 aromatic carbocycles. The predicted octanol–water partition coefficient (Wildman–Crippen LogP) is 2.88. The van der Waals surface area contributed by atoms with Crippen LogP contribution in [0.4, 0.5) is 18.9 Å². The molecule has 1 aromatic rings. The lowest BCUT2D eigenvalue weighted by atomic mass is 10.3. The van der Waals surface area contributed by atoms with Crippen LogP contribution in [-0.4, -0.2) is 17.2 Å². The van der Waals surface area contributed by atoms with E-state index in [-0.39, 0.29) is 11.8 Å². The first-order chi connectivity index (χ1) is 6.97. The lowest BCUT2D eigenvalue weighted by Gasteiger charge is -2.06. The van der Waals surface area contributed by atoms with Crippen LogP contribution in [0.1, 0.15) is 0 Å². The number of para-hydroxylation sites is 1. The second kappa shape index (κ2) is 5.06. The molecule has 0 aliphatic rings. The summed E-state index contributed by atoms with van der Waals surface area (Å²) in [6.07, 6.45) is 0. The first kappa shape index (κ1) is 11.9. The molecule has 0 radical (unpaired) electrons. The Morgan fingerprint density at radius 3 is 2.40 bits per heavy atom. The van der Waals surface area contributed by atoms with E-state index >= 15 is 0 Å². The number of nitrogens with one attached hydrogen (secondary N) is 1. The van der Waals surface area contributed by atoms with Gasteiger partial charge in [0.05, 0.1) is 5.75 Å². The molecule has 0 aliphatic heterocycles. The molecular weight excluding hydrogens is 227 g/mol. The fraction of sp³-hybridized carbons (Fsp3) is 0.222. The van der Waals surface area contributed by atoms with Crippen molar-refractivity contribution in [2.24, 2.45) is 0 Å². The number of carbonyl (C=O) groups is 1. The highest BCUT2D eigenvalue weighted by Crippen LogP contribution is 2.29. The van der Waals surface area contributed by atoms with Crippen molar-refractivity contribution in [3.63, 3.8) is 0 Å². The van der Waals surface area contributed by atoms with Crippen molar-refractivity contribution >= 4 is 23.4 Å². The molecule has 15 heavy (non-hydrogen) atoms. The molecule has 1 rings (SSSR count). The van der Waals surface area contributed by atoms with E-state index in [9.17, 15) is 18.0 Å². The van der Waals surface area contributed by atoms with E-state index in [1.54, 1.807) is 30.3 Å². The van der Waals surface area contributed by atoms with Gasteiger partial charge >= 0.3 is 5.51 Å². The van der Waals surface area contributed by atoms with E-state index in [1.165, 1.54) is 0 Å². The van der Waals surface area contributed by atoms with Gasteiger partial charge in [0, 0.05) is 5.69 Å². The summed E-state index contributed by atoms with van der Waals surface area (Å²) < 4.78 is 35.2. The average molecular weight is 235 g/mol. The molecular formula is C9H8F3NOS. The number of carbonyl (C=O) groups excluding carboxylic acids is 1. The van der Waals surface area contributed by atoms with Gasteiger partial charge in [-0.25, -0.2) is 0 Å². The smallest absolute Gasteiger partial charge is 0.325 e. The minimum Gasteiger partial charge on any atom is -0.325 e. The topological polar surface area (TPSA) is 29.1 Å². The van der Waals surface area contributed by atoms with Gasteiger partial charge < -0.3 is 5.32 Å². The molecule has 0 unspecified atom stereocenters. The number of halogens is 3. The number of hydrogen-bond acceptors (Lipinski definition) is 2. The van der Waals surface area contributed by atoms with Gasteiger partial charge in [0.15, 0.2) is 0 Å². The zero-order valence-corrected chi connectivity index (χ0v) is 8.36. The number of thioether (sulfide) groups is 1. The number of anilines is 1. The summed E-state index contributed by atoms with van der Waals surface area (Å²) in [5, 5.41) is 2.35. The summed E-state index contributed by atoms with van der Waals surface area (Å²) in [6, 6.07) is 8.34. The van der Waals surface area contributed by atoms with Gasteiger partial charge in [-0.1, -0.05) is 18.2 Å². The van der Waals surface area contributed by atoms with E-state index in [0.717, 1.165) is 0 Å². The van der Waals surface area contributed by atoms with Crippen molar-refractivity contribution in [3.05, 3.63) is 30.3 Å². The molecule has 0 saturated heterocycles. The van der Waals surface area contributed by atoms with E-state index in [4.69, 9.17) is 0 Å². The number of amides is 1. The van der Waals surface area contributed by atoms with Crippen molar-refractivity contribution in [1.29, 1.82) is 0 Å². The molecule has 1 amide bonds. The van der Waals surface area contributed by atoms with Crippen molar-refractivity contribution in [2.75, 3.05) is 11.1 Å². The van der Waals surface area contributed by atoms with Crippen molar-refractivity contribution < 1.29 is 18.0 Å². The standard InChI is InChI=1S/C9H8F3NOS/c10-9(11,12)15-6-8(14)13-7-4-2-1-3-5-7/h1-5H,6H2,(H,13,14). The van der Waals surface area contributed by atoms with Gasteiger partial charge in [-0.3, -0.25) is 4.79 Å². The Hall–Kier alpha value is -1.17. The average Bonchev–Trinajstić information content (AvgIpc) is 2.15. The summed E-state index contributed by atoms with van der Waals surface area (Å²) in [5.41, 5.74) is -3.88. The molecule has 0 heterocycles. The highest BCUT2D eigenvalue weighted by molar-refractivity contribution is 8.00. The van der Waals surface area contributed by atoms with Gasteiger partial charge in [0.25, 0.3) is 0 Å². The predicted molar refractivity (Wildman–Crippen MR) is 53.6 cm³/mol. The summed E-state index contributed by atoms with van der Waals surface area (Å²) in [7, 11) is 0. The van der Waals surface area contributed by atoms with Crippen LogP contribution in [0.2, 0.25) is 0 Å². The van der Waals surface area contributed by atoms with E-state index in [2.05, 4.69) is 5.32 Å². The lowest BCUT2D eigenvalue weighted by molar-refractivity contribution is -0.114. The Morgan fingerprint density at radius 1 is 1.27 bits per heavy atom. The molecule has 0 spiro atoms. The number of hydrogen-bond donors (Lipinski definition) is 1. The van der Waals surface area contributed by atoms with Crippen LogP contribution in [0.3, 0.4) is 0 Å². The van der Waals surface area contributed by atoms with Crippen molar-refractivity contribution in [2.45, 2.75) is 5.51 Å². The van der Waals surface area contributed by atoms with Crippen LogP contribution in [0.15, 0.2) is 30.3 Å². The van der Waals surface area contributed by atoms with Gasteiger partial charge in [-0.15, -0.1) is 0 Å². The van der Waals surface area contributed by atoms with Crippen LogP contribution in [0.5, 0.6) is 0 Å². The molecule has 0 atom stereocenters. The van der Waals surface area contributed by atoms with Gasteiger partial charge in [-0.2, -0.15) is 13.2 Å². The van der Waals surface area contributed by atoms with Gasteiger partial charge in [0.1, 0.15) is 0 Å². The van der Waals surface area contributed by atoms with Crippen molar-refractivity contribution in [1.82, 2.24) is 0 Å². The van der Waals surface area contributed by atoms with E-state index in [0.29, 0.717) is 5.69 Å². The van der Waals surface area contributed by atoms with Crippen LogP contribution >= 0.6 is 11.8 Å². The zero-order chi connectivity index (χ0) is 11.3. The largest absolute Gasteiger partial charge is 0.442 e. The minimum atomic E-state index is -4.37. The molecule has 0 fully saturated rings. The van der Waals surface area contributed by atoms with E-state index in [1.807, 2.05) is 0 Å². The lowest BCUT2D eigenvalue weighted by Crippen LogP contribution is -2.16. The van der Waals surface area contributed by atoms with Crippen LogP contribution in [-0.2, 0) is 4.79 Å². The first-order valence-corrected chi connectivity index (χ1v) is 5.01. The monoisotopic (exact) mass is 235 g/mol. The molecule has 0 aliphatic carbocycles. The third kappa shape index (κ3) is 5.31. The van der Waals surface area contributed by atoms with Crippen LogP contribution in [0, 0.1) is 0 Å². The molecule has 82 valence electrons. The first-order valence-electron chi connectivity index (χ1n) is 4.03. The summed E-state index contributed by atoms with van der Waals surface area (Å²) in [6.45, 7) is 0. The normalized spacial score (nSPS) is 11.1. The minimum absolute atomic E-state index is 0.351. The Morgan fingerprint density at radius 2 is 1.87 bits per heavy atom. The summed E-state index contributed by atoms with van der Waals surface area (Å²) >= 11 is -0.351. The third-order valence-electron chi connectivity index (χ3n) is 1.42. The summed E-state index contributed by atoms with van der Waals surface area (Å²) in [5.74, 6) is -1.29. The Kier molecular flexibility index (Phi) is 4.02. The fourth-order valence-electron chi connectivity index (χ4n) is 0.866. The van der Waals surface area contributed by atoms with Crippen LogP contribution < -0.4 is 5.32 Å². The Balaban J connectivity index is 2.38. The maximum atomic E-state index is 11.7. The molecule has 1 N–H and O–H groups in total. The molecule has 0 bridgehead atoms. The second-order valence-electron chi connectivity index (χ2n) is 2.65. The SMILES string of the molecule is O=C(CSC(F)(F)F)Nc1ccccc1. The summed E-state index contributed by atoms with van der Waals surface area (Å²) in [4.78, 5) is 11.0. The number of alkyl halides is 3. The fourth-order valence-corrected chi connectivity index (χ4v) is 1.23. The molecule has 6 heteroatoms. The van der Waals surface area contributed by atoms with E-state index < -0.39 is 17.2 Å². The van der Waals surface area contributed by atoms with Gasteiger partial charge in [-0.05, 0) is 23.9 Å². The number of benzene rings is 1. The Bertz CT molecular complexity index is 326.